The van der Waals surface area contributed by atoms with Gasteiger partial charge in [-0.15, -0.1) is 0 Å². The molecule has 0 unspecified atom stereocenters. The lowest BCUT2D eigenvalue weighted by Gasteiger charge is -2.42. The van der Waals surface area contributed by atoms with E-state index >= 15 is 0 Å². The summed E-state index contributed by atoms with van der Waals surface area (Å²) >= 11 is 3.49. The number of piperidine rings is 1. The quantitative estimate of drug-likeness (QED) is 0.684. The predicted octanol–water partition coefficient (Wildman–Crippen LogP) is 2.70. The number of ether oxygens (including phenoxy) is 2. The van der Waals surface area contributed by atoms with Gasteiger partial charge in [-0.2, -0.15) is 0 Å². The minimum Gasteiger partial charge on any atom is -0.462 e. The van der Waals surface area contributed by atoms with E-state index in [-0.39, 0.29) is 0 Å². The third-order valence-electron chi connectivity index (χ3n) is 3.23. The molecule has 0 radical (unpaired) electrons. The molecule has 3 rings (SSSR count). The lowest BCUT2D eigenvalue weighted by atomic mass is 10.0. The topological polar surface area (TPSA) is 21.7 Å². The van der Waals surface area contributed by atoms with Crippen molar-refractivity contribution in [3.8, 4) is 5.75 Å². The van der Waals surface area contributed by atoms with Crippen molar-refractivity contribution < 1.29 is 9.47 Å². The minimum absolute atomic E-state index is 0.390. The van der Waals surface area contributed by atoms with Crippen LogP contribution in [0.2, 0.25) is 0 Å². The molecule has 1 aromatic rings. The van der Waals surface area contributed by atoms with Gasteiger partial charge in [0.2, 0.25) is 5.79 Å². The number of halogens is 1. The molecular weight excluding hydrogens is 270 g/mol. The third kappa shape index (κ3) is 1.85. The Balaban J connectivity index is 1.82. The molecule has 0 aliphatic carbocycles. The summed E-state index contributed by atoms with van der Waals surface area (Å²) in [6.45, 7) is 2.59. The van der Waals surface area contributed by atoms with Crippen LogP contribution in [0.25, 0.3) is 0 Å². The Bertz CT molecular complexity index is 388. The highest BCUT2D eigenvalue weighted by molar-refractivity contribution is 9.07. The number of hydrogen-bond donors (Lipinski definition) is 0. The molecule has 0 aromatic heterocycles. The fourth-order valence-corrected chi connectivity index (χ4v) is 2.58. The molecule has 0 N–H and O–H groups in total. The summed E-state index contributed by atoms with van der Waals surface area (Å²) in [5, 5.41) is 0. The minimum atomic E-state index is -0.390. The Morgan fingerprint density at radius 2 is 1.94 bits per heavy atom. The molecule has 1 saturated heterocycles. The maximum absolute atomic E-state index is 6.04. The van der Waals surface area contributed by atoms with E-state index in [1.165, 1.54) is 0 Å². The Labute approximate surface area is 104 Å². The number of nitrogens with zero attached hydrogens (tertiary/aromatic N) is 1. The first-order chi connectivity index (χ1) is 7.77. The first kappa shape index (κ1) is 10.6. The summed E-state index contributed by atoms with van der Waals surface area (Å²) in [6, 6.07) is 8.12. The Morgan fingerprint density at radius 1 is 1.19 bits per heavy atom. The van der Waals surface area contributed by atoms with Gasteiger partial charge in [0.25, 0.3) is 0 Å². The molecule has 4 heteroatoms. The van der Waals surface area contributed by atoms with Gasteiger partial charge in [0.1, 0.15) is 5.75 Å². The highest BCUT2D eigenvalue weighted by Gasteiger charge is 2.40. The number of para-hydroxylation sites is 1. The molecule has 16 heavy (non-hydrogen) atoms. The maximum Gasteiger partial charge on any atom is 0.213 e. The normalized spacial score (nSPS) is 23.8. The SMILES string of the molecule is BrN1CCC2(CC1)OCc1ccccc1O2. The predicted molar refractivity (Wildman–Crippen MR) is 64.3 cm³/mol. The highest BCUT2D eigenvalue weighted by atomic mass is 79.9. The van der Waals surface area contributed by atoms with Crippen LogP contribution in [0.3, 0.4) is 0 Å². The molecule has 0 saturated carbocycles. The van der Waals surface area contributed by atoms with E-state index in [9.17, 15) is 0 Å². The largest absolute Gasteiger partial charge is 0.462 e. The van der Waals surface area contributed by atoms with Crippen molar-refractivity contribution >= 4 is 16.1 Å². The molecule has 2 aliphatic rings. The first-order valence-corrected chi connectivity index (χ1v) is 6.30. The molecule has 3 nitrogen and oxygen atoms in total. The standard InChI is InChI=1S/C12H14BrNO2/c13-14-7-5-12(6-8-14)15-9-10-3-1-2-4-11(10)16-12/h1-4H,5-9H2. The van der Waals surface area contributed by atoms with Gasteiger partial charge in [-0.05, 0) is 6.07 Å². The zero-order chi connectivity index (χ0) is 11.0. The van der Waals surface area contributed by atoms with Gasteiger partial charge in [0, 0.05) is 47.6 Å². The number of fused-ring (bicyclic) bond motifs is 1. The van der Waals surface area contributed by atoms with E-state index in [1.54, 1.807) is 0 Å². The van der Waals surface area contributed by atoms with Crippen LogP contribution in [0.1, 0.15) is 18.4 Å². The summed E-state index contributed by atoms with van der Waals surface area (Å²) in [4.78, 5) is 0. The molecule has 1 fully saturated rings. The fourth-order valence-electron chi connectivity index (χ4n) is 2.23. The highest BCUT2D eigenvalue weighted by Crippen LogP contribution is 2.37. The second-order valence-corrected chi connectivity index (χ2v) is 5.32. The average Bonchev–Trinajstić information content (AvgIpc) is 2.33. The van der Waals surface area contributed by atoms with Crippen LogP contribution in [-0.2, 0) is 11.3 Å². The van der Waals surface area contributed by atoms with Crippen LogP contribution in [-0.4, -0.2) is 22.8 Å². The fraction of sp³-hybridized carbons (Fsp3) is 0.500. The molecule has 0 bridgehead atoms. The Kier molecular flexibility index (Phi) is 2.65. The van der Waals surface area contributed by atoms with Crippen molar-refractivity contribution in [2.45, 2.75) is 25.2 Å². The van der Waals surface area contributed by atoms with Gasteiger partial charge in [-0.3, -0.25) is 0 Å². The molecular formula is C12H14BrNO2. The van der Waals surface area contributed by atoms with E-state index in [0.717, 1.165) is 37.2 Å². The zero-order valence-electron chi connectivity index (χ0n) is 8.99. The van der Waals surface area contributed by atoms with Crippen molar-refractivity contribution in [1.29, 1.82) is 0 Å². The first-order valence-electron chi connectivity index (χ1n) is 5.59. The Morgan fingerprint density at radius 3 is 2.75 bits per heavy atom. The van der Waals surface area contributed by atoms with Crippen LogP contribution in [0, 0.1) is 0 Å². The van der Waals surface area contributed by atoms with Crippen LogP contribution in [0.4, 0.5) is 0 Å². The average molecular weight is 284 g/mol. The number of rotatable bonds is 0. The van der Waals surface area contributed by atoms with Gasteiger partial charge in [-0.1, -0.05) is 18.2 Å². The zero-order valence-corrected chi connectivity index (χ0v) is 10.6. The van der Waals surface area contributed by atoms with Crippen LogP contribution in [0.5, 0.6) is 5.75 Å². The van der Waals surface area contributed by atoms with Gasteiger partial charge in [0.15, 0.2) is 0 Å². The van der Waals surface area contributed by atoms with Crippen molar-refractivity contribution in [2.75, 3.05) is 13.1 Å². The van der Waals surface area contributed by atoms with E-state index in [1.807, 2.05) is 18.2 Å². The van der Waals surface area contributed by atoms with E-state index in [2.05, 4.69) is 26.1 Å². The lowest BCUT2D eigenvalue weighted by Crippen LogP contribution is -2.49. The monoisotopic (exact) mass is 283 g/mol. The van der Waals surface area contributed by atoms with Gasteiger partial charge in [0.05, 0.1) is 6.61 Å². The summed E-state index contributed by atoms with van der Waals surface area (Å²) < 4.78 is 14.1. The molecule has 1 spiro atoms. The third-order valence-corrected chi connectivity index (χ3v) is 3.94. The smallest absolute Gasteiger partial charge is 0.213 e. The molecule has 2 aliphatic heterocycles. The van der Waals surface area contributed by atoms with Crippen LogP contribution in [0.15, 0.2) is 24.3 Å². The van der Waals surface area contributed by atoms with Crippen molar-refractivity contribution in [1.82, 2.24) is 3.93 Å². The molecule has 1 aromatic carbocycles. The summed E-state index contributed by atoms with van der Waals surface area (Å²) in [7, 11) is 0. The number of benzene rings is 1. The van der Waals surface area contributed by atoms with Crippen molar-refractivity contribution in [2.24, 2.45) is 0 Å². The van der Waals surface area contributed by atoms with Gasteiger partial charge < -0.3 is 9.47 Å². The lowest BCUT2D eigenvalue weighted by molar-refractivity contribution is -0.223. The van der Waals surface area contributed by atoms with Crippen LogP contribution >= 0.6 is 16.1 Å². The summed E-state index contributed by atoms with van der Waals surface area (Å²) in [5.41, 5.74) is 1.15. The second kappa shape index (κ2) is 4.02. The van der Waals surface area contributed by atoms with Gasteiger partial charge in [-0.25, -0.2) is 3.93 Å². The van der Waals surface area contributed by atoms with Crippen LogP contribution < -0.4 is 4.74 Å². The second-order valence-electron chi connectivity index (χ2n) is 4.32. The molecule has 2 heterocycles. The van der Waals surface area contributed by atoms with Crippen molar-refractivity contribution in [3.63, 3.8) is 0 Å². The van der Waals surface area contributed by atoms with E-state index in [0.29, 0.717) is 6.61 Å². The molecule has 86 valence electrons. The van der Waals surface area contributed by atoms with Gasteiger partial charge >= 0.3 is 0 Å². The van der Waals surface area contributed by atoms with E-state index < -0.39 is 5.79 Å². The summed E-state index contributed by atoms with van der Waals surface area (Å²) in [6.07, 6.45) is 1.82. The number of hydrogen-bond acceptors (Lipinski definition) is 3. The van der Waals surface area contributed by atoms with Crippen molar-refractivity contribution in [3.05, 3.63) is 29.8 Å². The van der Waals surface area contributed by atoms with E-state index in [4.69, 9.17) is 9.47 Å². The molecule has 0 amide bonds. The Hall–Kier alpha value is -0.580. The summed E-state index contributed by atoms with van der Waals surface area (Å²) in [5.74, 6) is 0.593. The molecule has 0 atom stereocenters. The maximum atomic E-state index is 6.04.